The van der Waals surface area contributed by atoms with Gasteiger partial charge in [0.15, 0.2) is 0 Å². The van der Waals surface area contributed by atoms with Gasteiger partial charge in [-0.2, -0.15) is 0 Å². The lowest BCUT2D eigenvalue weighted by atomic mass is 10.2. The number of nitrogens with one attached hydrogen (secondary N) is 2. The predicted octanol–water partition coefficient (Wildman–Crippen LogP) is 3.18. The van der Waals surface area contributed by atoms with Crippen molar-refractivity contribution in [2.24, 2.45) is 0 Å². The second kappa shape index (κ2) is 7.20. The van der Waals surface area contributed by atoms with Crippen LogP contribution in [-0.4, -0.2) is 25.1 Å². The number of thiazole rings is 1. The minimum absolute atomic E-state index is 0.109. The maximum atomic E-state index is 12.5. The molecule has 0 aliphatic heterocycles. The molecule has 0 atom stereocenters. The Bertz CT molecular complexity index is 1210. The summed E-state index contributed by atoms with van der Waals surface area (Å²) >= 11 is 1.28. The highest BCUT2D eigenvalue weighted by Crippen LogP contribution is 2.38. The van der Waals surface area contributed by atoms with E-state index in [9.17, 15) is 9.59 Å². The van der Waals surface area contributed by atoms with Crippen molar-refractivity contribution in [1.29, 1.82) is 0 Å². The molecule has 2 heterocycles. The van der Waals surface area contributed by atoms with Crippen LogP contribution in [0.1, 0.15) is 10.4 Å². The molecule has 1 amide bonds. The van der Waals surface area contributed by atoms with Gasteiger partial charge in [0.05, 0.1) is 19.6 Å². The van der Waals surface area contributed by atoms with Gasteiger partial charge in [-0.15, -0.1) is 0 Å². The fourth-order valence-corrected chi connectivity index (χ4v) is 3.68. The number of hydrogen-bond donors (Lipinski definition) is 2. The number of anilines is 1. The van der Waals surface area contributed by atoms with Gasteiger partial charge in [0.25, 0.3) is 5.91 Å². The number of nitrogens with zero attached hydrogens (tertiary/aromatic N) is 1. The Morgan fingerprint density at radius 1 is 1.11 bits per heavy atom. The summed E-state index contributed by atoms with van der Waals surface area (Å²) in [5, 5.41) is 0.751. The standard InChI is InChI=1S/C19H15N3O5S/c1-25-13-7-8-14(26-2)17-15(13)20-19(28-17)22-21-18(24)11-9-27-12-6-4-3-5-10(12)16(11)23/h3-9H,1-2H3,(H,20,22)(H,21,24). The zero-order chi connectivity index (χ0) is 19.7. The first-order valence-electron chi connectivity index (χ1n) is 8.20. The average molecular weight is 397 g/mol. The van der Waals surface area contributed by atoms with Crippen molar-refractivity contribution in [1.82, 2.24) is 10.4 Å². The molecule has 0 saturated carbocycles. The molecule has 0 fully saturated rings. The van der Waals surface area contributed by atoms with E-state index in [-0.39, 0.29) is 5.56 Å². The quantitative estimate of drug-likeness (QED) is 0.499. The zero-order valence-electron chi connectivity index (χ0n) is 14.9. The summed E-state index contributed by atoms with van der Waals surface area (Å²) in [5.74, 6) is 0.599. The summed E-state index contributed by atoms with van der Waals surface area (Å²) in [5.41, 5.74) is 5.71. The number of benzene rings is 2. The van der Waals surface area contributed by atoms with Gasteiger partial charge in [-0.3, -0.25) is 20.4 Å². The van der Waals surface area contributed by atoms with E-state index < -0.39 is 11.3 Å². The second-order valence-corrected chi connectivity index (χ2v) is 6.72. The highest BCUT2D eigenvalue weighted by Gasteiger charge is 2.16. The van der Waals surface area contributed by atoms with Crippen LogP contribution in [0.25, 0.3) is 21.2 Å². The Labute approximate surface area is 162 Å². The largest absolute Gasteiger partial charge is 0.495 e. The van der Waals surface area contributed by atoms with Crippen LogP contribution in [0, 0.1) is 0 Å². The van der Waals surface area contributed by atoms with E-state index in [0.29, 0.717) is 33.1 Å². The molecule has 28 heavy (non-hydrogen) atoms. The van der Waals surface area contributed by atoms with Crippen LogP contribution in [0.4, 0.5) is 5.13 Å². The summed E-state index contributed by atoms with van der Waals surface area (Å²) in [7, 11) is 3.11. The Morgan fingerprint density at radius 3 is 2.64 bits per heavy atom. The van der Waals surface area contributed by atoms with E-state index in [1.165, 1.54) is 11.3 Å². The first-order valence-corrected chi connectivity index (χ1v) is 9.02. The molecule has 4 aromatic rings. The minimum atomic E-state index is -0.627. The minimum Gasteiger partial charge on any atom is -0.495 e. The van der Waals surface area contributed by atoms with Gasteiger partial charge >= 0.3 is 0 Å². The number of carbonyl (C=O) groups is 1. The molecule has 0 bridgehead atoms. The number of rotatable bonds is 5. The van der Waals surface area contributed by atoms with E-state index in [1.54, 1.807) is 50.6 Å². The molecule has 0 aliphatic carbocycles. The van der Waals surface area contributed by atoms with Gasteiger partial charge in [-0.05, 0) is 24.3 Å². The van der Waals surface area contributed by atoms with Crippen LogP contribution in [0.2, 0.25) is 0 Å². The van der Waals surface area contributed by atoms with Gasteiger partial charge in [0, 0.05) is 0 Å². The third kappa shape index (κ3) is 3.01. The maximum absolute atomic E-state index is 12.5. The topological polar surface area (TPSA) is 103 Å². The summed E-state index contributed by atoms with van der Waals surface area (Å²) < 4.78 is 16.8. The molecule has 2 aromatic carbocycles. The lowest BCUT2D eigenvalue weighted by Gasteiger charge is -2.05. The number of carbonyl (C=O) groups excluding carboxylic acids is 1. The van der Waals surface area contributed by atoms with Crippen LogP contribution >= 0.6 is 11.3 Å². The predicted molar refractivity (Wildman–Crippen MR) is 106 cm³/mol. The van der Waals surface area contributed by atoms with Crippen molar-refractivity contribution in [2.75, 3.05) is 19.6 Å². The maximum Gasteiger partial charge on any atom is 0.276 e. The lowest BCUT2D eigenvalue weighted by Crippen LogP contribution is -2.32. The Balaban J connectivity index is 1.60. The SMILES string of the molecule is COc1ccc(OC)c2sc(NNC(=O)c3coc4ccccc4c3=O)nc12. The normalized spacial score (nSPS) is 10.8. The van der Waals surface area contributed by atoms with Crippen LogP contribution in [0.15, 0.2) is 51.9 Å². The van der Waals surface area contributed by atoms with E-state index in [1.807, 2.05) is 0 Å². The summed E-state index contributed by atoms with van der Waals surface area (Å²) in [4.78, 5) is 29.3. The van der Waals surface area contributed by atoms with E-state index in [4.69, 9.17) is 13.9 Å². The molecule has 0 unspecified atom stereocenters. The first-order chi connectivity index (χ1) is 13.6. The number of aromatic nitrogens is 1. The fourth-order valence-electron chi connectivity index (χ4n) is 2.75. The van der Waals surface area contributed by atoms with Crippen molar-refractivity contribution in [3.05, 3.63) is 58.4 Å². The number of hydrogen-bond acceptors (Lipinski definition) is 8. The molecular formula is C19H15N3O5S. The number of para-hydroxylation sites is 1. The monoisotopic (exact) mass is 397 g/mol. The molecule has 2 aromatic heterocycles. The number of amides is 1. The summed E-state index contributed by atoms with van der Waals surface area (Å²) in [6, 6.07) is 10.3. The van der Waals surface area contributed by atoms with Crippen LogP contribution < -0.4 is 25.8 Å². The molecule has 0 spiro atoms. The fraction of sp³-hybridized carbons (Fsp3) is 0.105. The molecular weight excluding hydrogens is 382 g/mol. The summed E-state index contributed by atoms with van der Waals surface area (Å²) in [6.45, 7) is 0. The van der Waals surface area contributed by atoms with Crippen molar-refractivity contribution in [3.8, 4) is 11.5 Å². The average Bonchev–Trinajstić information content (AvgIpc) is 3.16. The Kier molecular flexibility index (Phi) is 4.58. The zero-order valence-corrected chi connectivity index (χ0v) is 15.8. The molecule has 4 rings (SSSR count). The van der Waals surface area contributed by atoms with Crippen LogP contribution in [0.5, 0.6) is 11.5 Å². The highest BCUT2D eigenvalue weighted by atomic mass is 32.1. The molecule has 9 heteroatoms. The van der Waals surface area contributed by atoms with Gasteiger partial charge in [-0.1, -0.05) is 23.5 Å². The number of methoxy groups -OCH3 is 2. The van der Waals surface area contributed by atoms with Crippen LogP contribution in [-0.2, 0) is 0 Å². The van der Waals surface area contributed by atoms with Gasteiger partial charge < -0.3 is 13.9 Å². The van der Waals surface area contributed by atoms with Crippen molar-refractivity contribution < 1.29 is 18.7 Å². The lowest BCUT2D eigenvalue weighted by molar-refractivity contribution is 0.0960. The van der Waals surface area contributed by atoms with Gasteiger partial charge in [-0.25, -0.2) is 4.98 Å². The van der Waals surface area contributed by atoms with E-state index >= 15 is 0 Å². The van der Waals surface area contributed by atoms with Crippen molar-refractivity contribution >= 4 is 43.6 Å². The Hall–Kier alpha value is -3.59. The Morgan fingerprint density at radius 2 is 1.86 bits per heavy atom. The third-order valence-corrected chi connectivity index (χ3v) is 5.10. The molecule has 0 aliphatic rings. The number of ether oxygens (including phenoxy) is 2. The van der Waals surface area contributed by atoms with Crippen LogP contribution in [0.3, 0.4) is 0 Å². The first kappa shape index (κ1) is 17.8. The smallest absolute Gasteiger partial charge is 0.276 e. The van der Waals surface area contributed by atoms with E-state index in [0.717, 1.165) is 11.0 Å². The molecule has 8 nitrogen and oxygen atoms in total. The highest BCUT2D eigenvalue weighted by molar-refractivity contribution is 7.22. The number of fused-ring (bicyclic) bond motifs is 2. The third-order valence-electron chi connectivity index (χ3n) is 4.12. The van der Waals surface area contributed by atoms with Gasteiger partial charge in [0.1, 0.15) is 39.1 Å². The number of hydrazine groups is 1. The van der Waals surface area contributed by atoms with E-state index in [2.05, 4.69) is 15.8 Å². The second-order valence-electron chi connectivity index (χ2n) is 5.72. The van der Waals surface area contributed by atoms with Crippen molar-refractivity contribution in [2.45, 2.75) is 0 Å². The van der Waals surface area contributed by atoms with Gasteiger partial charge in [0.2, 0.25) is 10.6 Å². The molecule has 142 valence electrons. The molecule has 2 N–H and O–H groups in total. The molecule has 0 radical (unpaired) electrons. The molecule has 0 saturated heterocycles. The summed E-state index contributed by atoms with van der Waals surface area (Å²) in [6.07, 6.45) is 1.14. The van der Waals surface area contributed by atoms with Crippen molar-refractivity contribution in [3.63, 3.8) is 0 Å².